The molecule has 0 aromatic carbocycles. The first-order valence-corrected chi connectivity index (χ1v) is 7.43. The number of unbranched alkanes of at least 4 members (excludes halogenated alkanes) is 1. The van der Waals surface area contributed by atoms with Crippen LogP contribution in [0.2, 0.25) is 0 Å². The number of hydrogen-bond donors (Lipinski definition) is 1. The molecule has 1 N–H and O–H groups in total. The maximum Gasteiger partial charge on any atom is 0.00578 e. The van der Waals surface area contributed by atoms with Crippen molar-refractivity contribution in [3.05, 3.63) is 22.4 Å². The quantitative estimate of drug-likeness (QED) is 0.688. The first kappa shape index (κ1) is 12.1. The summed E-state index contributed by atoms with van der Waals surface area (Å²) < 4.78 is 0. The van der Waals surface area contributed by atoms with E-state index in [-0.39, 0.29) is 0 Å². The lowest BCUT2D eigenvalue weighted by molar-refractivity contribution is 0.644. The summed E-state index contributed by atoms with van der Waals surface area (Å²) in [5.41, 5.74) is 0. The lowest BCUT2D eigenvalue weighted by atomic mass is 10.3. The molecule has 0 fully saturated rings. The van der Waals surface area contributed by atoms with Gasteiger partial charge in [0.05, 0.1) is 0 Å². The number of rotatable bonds is 8. The van der Waals surface area contributed by atoms with Gasteiger partial charge < -0.3 is 5.32 Å². The smallest absolute Gasteiger partial charge is 0.00578 e. The highest BCUT2D eigenvalue weighted by Gasteiger charge is 1.93. The largest absolute Gasteiger partial charge is 0.316 e. The van der Waals surface area contributed by atoms with E-state index in [9.17, 15) is 0 Å². The molecule has 14 heavy (non-hydrogen) atoms. The fraction of sp³-hybridized carbons (Fsp3) is 0.636. The van der Waals surface area contributed by atoms with Gasteiger partial charge in [-0.15, -0.1) is 11.3 Å². The van der Waals surface area contributed by atoms with Crippen LogP contribution < -0.4 is 5.32 Å². The molecule has 1 nitrogen and oxygen atoms in total. The van der Waals surface area contributed by atoms with Gasteiger partial charge >= 0.3 is 0 Å². The zero-order valence-corrected chi connectivity index (χ0v) is 10.4. The Kier molecular flexibility index (Phi) is 7.19. The fourth-order valence-electron chi connectivity index (χ4n) is 1.29. The molecule has 1 rings (SSSR count). The Bertz CT molecular complexity index is 209. The normalized spacial score (nSPS) is 10.6. The molecule has 0 atom stereocenters. The van der Waals surface area contributed by atoms with Crippen LogP contribution >= 0.6 is 23.1 Å². The van der Waals surface area contributed by atoms with Gasteiger partial charge in [-0.1, -0.05) is 6.07 Å². The van der Waals surface area contributed by atoms with Crippen LogP contribution in [0, 0.1) is 0 Å². The maximum absolute atomic E-state index is 3.48. The highest BCUT2D eigenvalue weighted by atomic mass is 32.2. The summed E-state index contributed by atoms with van der Waals surface area (Å²) in [7, 11) is 0. The van der Waals surface area contributed by atoms with Crippen LogP contribution in [0.1, 0.15) is 17.7 Å². The second-order valence-corrected chi connectivity index (χ2v) is 5.30. The maximum atomic E-state index is 3.48. The summed E-state index contributed by atoms with van der Waals surface area (Å²) in [5.74, 6) is 1.30. The first-order chi connectivity index (χ1) is 6.93. The van der Waals surface area contributed by atoms with Crippen LogP contribution in [0.15, 0.2) is 17.5 Å². The minimum absolute atomic E-state index is 1.12. The highest BCUT2D eigenvalue weighted by Crippen LogP contribution is 2.08. The van der Waals surface area contributed by atoms with E-state index >= 15 is 0 Å². The molecule has 1 heterocycles. The SMILES string of the molecule is CSCCCCNCCc1cccs1. The minimum atomic E-state index is 1.12. The summed E-state index contributed by atoms with van der Waals surface area (Å²) in [5, 5.41) is 5.63. The lowest BCUT2D eigenvalue weighted by Gasteiger charge is -2.02. The van der Waals surface area contributed by atoms with E-state index in [2.05, 4.69) is 29.1 Å². The average molecular weight is 229 g/mol. The van der Waals surface area contributed by atoms with Crippen molar-refractivity contribution in [1.82, 2.24) is 5.32 Å². The van der Waals surface area contributed by atoms with E-state index in [4.69, 9.17) is 0 Å². The van der Waals surface area contributed by atoms with Crippen molar-refractivity contribution >= 4 is 23.1 Å². The van der Waals surface area contributed by atoms with E-state index in [0.29, 0.717) is 0 Å². The van der Waals surface area contributed by atoms with Gasteiger partial charge in [0, 0.05) is 4.88 Å². The van der Waals surface area contributed by atoms with Gasteiger partial charge in [-0.2, -0.15) is 11.8 Å². The average Bonchev–Trinajstić information content (AvgIpc) is 2.69. The molecule has 0 bridgehead atoms. The molecular weight excluding hydrogens is 210 g/mol. The van der Waals surface area contributed by atoms with Crippen LogP contribution in [-0.2, 0) is 6.42 Å². The van der Waals surface area contributed by atoms with E-state index in [1.54, 1.807) is 0 Å². The molecule has 80 valence electrons. The van der Waals surface area contributed by atoms with Crippen molar-refractivity contribution in [3.63, 3.8) is 0 Å². The molecule has 0 saturated heterocycles. The molecule has 0 unspecified atom stereocenters. The topological polar surface area (TPSA) is 12.0 Å². The Balaban J connectivity index is 1.85. The van der Waals surface area contributed by atoms with Crippen molar-refractivity contribution < 1.29 is 0 Å². The second kappa shape index (κ2) is 8.33. The Morgan fingerprint density at radius 1 is 1.36 bits per heavy atom. The zero-order chi connectivity index (χ0) is 10.1. The summed E-state index contributed by atoms with van der Waals surface area (Å²) in [6.07, 6.45) is 6.00. The fourth-order valence-corrected chi connectivity index (χ4v) is 2.49. The molecule has 0 aliphatic carbocycles. The van der Waals surface area contributed by atoms with Gasteiger partial charge in [-0.25, -0.2) is 0 Å². The summed E-state index contributed by atoms with van der Waals surface area (Å²) in [6.45, 7) is 2.30. The van der Waals surface area contributed by atoms with E-state index < -0.39 is 0 Å². The second-order valence-electron chi connectivity index (χ2n) is 3.28. The van der Waals surface area contributed by atoms with Gasteiger partial charge in [0.15, 0.2) is 0 Å². The van der Waals surface area contributed by atoms with E-state index in [1.165, 1.54) is 36.4 Å². The number of thioether (sulfide) groups is 1. The molecule has 0 spiro atoms. The van der Waals surface area contributed by atoms with Crippen molar-refractivity contribution in [2.45, 2.75) is 19.3 Å². The molecular formula is C11H19NS2. The molecule has 3 heteroatoms. The predicted octanol–water partition coefficient (Wildman–Crippen LogP) is 3.02. The number of nitrogens with one attached hydrogen (secondary N) is 1. The zero-order valence-electron chi connectivity index (χ0n) is 8.79. The molecule has 1 aromatic rings. The number of thiophene rings is 1. The van der Waals surface area contributed by atoms with Crippen LogP contribution in [0.4, 0.5) is 0 Å². The van der Waals surface area contributed by atoms with Crippen molar-refractivity contribution in [2.24, 2.45) is 0 Å². The molecule has 0 saturated carbocycles. The van der Waals surface area contributed by atoms with Gasteiger partial charge in [0.2, 0.25) is 0 Å². The Hall–Kier alpha value is 0.01000. The lowest BCUT2D eigenvalue weighted by Crippen LogP contribution is -2.18. The summed E-state index contributed by atoms with van der Waals surface area (Å²) in [4.78, 5) is 1.49. The standard InChI is InChI=1S/C11H19NS2/c1-13-9-3-2-7-12-8-6-11-5-4-10-14-11/h4-5,10,12H,2-3,6-9H2,1H3. The van der Waals surface area contributed by atoms with Gasteiger partial charge in [-0.3, -0.25) is 0 Å². The third-order valence-corrected chi connectivity index (χ3v) is 3.71. The predicted molar refractivity (Wildman–Crippen MR) is 68.5 cm³/mol. The summed E-state index contributed by atoms with van der Waals surface area (Å²) in [6, 6.07) is 4.33. The van der Waals surface area contributed by atoms with Crippen molar-refractivity contribution in [2.75, 3.05) is 25.1 Å². The minimum Gasteiger partial charge on any atom is -0.316 e. The Labute approximate surface area is 95.3 Å². The van der Waals surface area contributed by atoms with Crippen LogP contribution in [0.25, 0.3) is 0 Å². The molecule has 0 aliphatic rings. The molecule has 1 aromatic heterocycles. The van der Waals surface area contributed by atoms with Gasteiger partial charge in [0.1, 0.15) is 0 Å². The number of hydrogen-bond acceptors (Lipinski definition) is 3. The molecule has 0 amide bonds. The van der Waals surface area contributed by atoms with Crippen LogP contribution in [-0.4, -0.2) is 25.1 Å². The third-order valence-electron chi connectivity index (χ3n) is 2.08. The molecule has 0 radical (unpaired) electrons. The van der Waals surface area contributed by atoms with Crippen LogP contribution in [0.3, 0.4) is 0 Å². The van der Waals surface area contributed by atoms with Crippen molar-refractivity contribution in [3.8, 4) is 0 Å². The van der Waals surface area contributed by atoms with Crippen molar-refractivity contribution in [1.29, 1.82) is 0 Å². The van der Waals surface area contributed by atoms with Crippen LogP contribution in [0.5, 0.6) is 0 Å². The Morgan fingerprint density at radius 3 is 3.00 bits per heavy atom. The van der Waals surface area contributed by atoms with E-state index in [1.807, 2.05) is 23.1 Å². The monoisotopic (exact) mass is 229 g/mol. The van der Waals surface area contributed by atoms with Gasteiger partial charge in [-0.05, 0) is 55.8 Å². The van der Waals surface area contributed by atoms with Gasteiger partial charge in [0.25, 0.3) is 0 Å². The third kappa shape index (κ3) is 5.68. The summed E-state index contributed by atoms with van der Waals surface area (Å²) >= 11 is 3.79. The highest BCUT2D eigenvalue weighted by molar-refractivity contribution is 7.98. The molecule has 0 aliphatic heterocycles. The van der Waals surface area contributed by atoms with E-state index in [0.717, 1.165) is 6.54 Å². The first-order valence-electron chi connectivity index (χ1n) is 5.15. The Morgan fingerprint density at radius 2 is 2.29 bits per heavy atom.